The van der Waals surface area contributed by atoms with Crippen molar-refractivity contribution < 1.29 is 13.2 Å². The van der Waals surface area contributed by atoms with E-state index in [1.165, 1.54) is 12.4 Å². The molecule has 2 N–H and O–H groups in total. The predicted octanol–water partition coefficient (Wildman–Crippen LogP) is 4.62. The van der Waals surface area contributed by atoms with Gasteiger partial charge in [-0.2, -0.15) is 18.4 Å². The van der Waals surface area contributed by atoms with Gasteiger partial charge in [0.25, 0.3) is 0 Å². The van der Waals surface area contributed by atoms with Gasteiger partial charge in [0.1, 0.15) is 17.5 Å². The molecule has 0 aliphatic carbocycles. The maximum absolute atomic E-state index is 13.3. The highest BCUT2D eigenvalue weighted by atomic mass is 19.4. The second kappa shape index (κ2) is 10.3. The molecule has 0 radical (unpaired) electrons. The van der Waals surface area contributed by atoms with Gasteiger partial charge in [-0.25, -0.2) is 19.9 Å². The molecule has 0 aromatic carbocycles. The monoisotopic (exact) mass is 521 g/mol. The van der Waals surface area contributed by atoms with Crippen molar-refractivity contribution in [1.29, 1.82) is 5.26 Å². The number of nitriles is 1. The van der Waals surface area contributed by atoms with Crippen LogP contribution < -0.4 is 10.2 Å². The molecule has 5 heterocycles. The molecule has 196 valence electrons. The third kappa shape index (κ3) is 5.24. The van der Waals surface area contributed by atoms with Crippen molar-refractivity contribution in [2.75, 3.05) is 43.4 Å². The number of likely N-dealkylation sites (N-methyl/N-ethyl adjacent to an activating group) is 1. The third-order valence-corrected chi connectivity index (χ3v) is 6.68. The van der Waals surface area contributed by atoms with Gasteiger partial charge in [0, 0.05) is 49.2 Å². The topological polar surface area (TPSA) is 110 Å². The number of anilines is 2. The molecule has 0 unspecified atom stereocenters. The van der Waals surface area contributed by atoms with E-state index in [0.717, 1.165) is 56.2 Å². The average molecular weight is 522 g/mol. The summed E-state index contributed by atoms with van der Waals surface area (Å²) >= 11 is 0. The average Bonchev–Trinajstić information content (AvgIpc) is 3.21. The zero-order chi connectivity index (χ0) is 26.9. The standard InChI is InChI=1S/C26H26F3N9/c1-16(17-4-5-22(31-12-17)38-7-3-6-37(2)8-9-38)35-25-34-13-18(11-30)23(36-25)21-15-33-24-20(21)10-19(14-32-24)26(27,28)29/h4-5,10,12-16H,3,6-9H2,1-2H3,(H,32,33)(H,34,35,36)/t16-/m1/s1. The van der Waals surface area contributed by atoms with Gasteiger partial charge in [-0.05, 0) is 44.6 Å². The number of alkyl halides is 3. The molecule has 0 amide bonds. The number of H-pyrrole nitrogens is 1. The molecular weight excluding hydrogens is 495 g/mol. The molecule has 5 rings (SSSR count). The number of hydrogen-bond donors (Lipinski definition) is 2. The Kier molecular flexibility index (Phi) is 6.86. The van der Waals surface area contributed by atoms with Crippen LogP contribution in [0, 0.1) is 11.3 Å². The molecule has 0 saturated carbocycles. The van der Waals surface area contributed by atoms with Crippen LogP contribution in [0.1, 0.15) is 36.1 Å². The fourth-order valence-corrected chi connectivity index (χ4v) is 4.49. The zero-order valence-electron chi connectivity index (χ0n) is 20.9. The Morgan fingerprint density at radius 1 is 1.08 bits per heavy atom. The first kappa shape index (κ1) is 25.4. The van der Waals surface area contributed by atoms with E-state index in [4.69, 9.17) is 0 Å². The minimum absolute atomic E-state index is 0.135. The molecule has 1 fully saturated rings. The van der Waals surface area contributed by atoms with Gasteiger partial charge < -0.3 is 20.1 Å². The van der Waals surface area contributed by atoms with Gasteiger partial charge in [0.15, 0.2) is 0 Å². The Morgan fingerprint density at radius 2 is 1.92 bits per heavy atom. The molecule has 4 aromatic rings. The summed E-state index contributed by atoms with van der Waals surface area (Å²) in [6, 6.07) is 6.82. The number of aromatic amines is 1. The van der Waals surface area contributed by atoms with E-state index in [1.54, 1.807) is 0 Å². The Labute approximate surface area is 217 Å². The number of rotatable bonds is 5. The van der Waals surface area contributed by atoms with Crippen LogP contribution in [0.25, 0.3) is 22.3 Å². The van der Waals surface area contributed by atoms with Crippen LogP contribution in [0.4, 0.5) is 24.9 Å². The van der Waals surface area contributed by atoms with Crippen LogP contribution >= 0.6 is 0 Å². The second-order valence-corrected chi connectivity index (χ2v) is 9.35. The molecule has 0 spiro atoms. The summed E-state index contributed by atoms with van der Waals surface area (Å²) in [5.74, 6) is 1.17. The van der Waals surface area contributed by atoms with Crippen molar-refractivity contribution in [1.82, 2.24) is 29.8 Å². The lowest BCUT2D eigenvalue weighted by Crippen LogP contribution is -2.29. The quantitative estimate of drug-likeness (QED) is 0.392. The van der Waals surface area contributed by atoms with E-state index in [1.807, 2.05) is 31.3 Å². The first-order valence-electron chi connectivity index (χ1n) is 12.2. The number of nitrogens with one attached hydrogen (secondary N) is 2. The van der Waals surface area contributed by atoms with Gasteiger partial charge in [0.2, 0.25) is 5.95 Å². The van der Waals surface area contributed by atoms with Gasteiger partial charge >= 0.3 is 6.18 Å². The molecule has 1 aliphatic rings. The van der Waals surface area contributed by atoms with E-state index >= 15 is 0 Å². The summed E-state index contributed by atoms with van der Waals surface area (Å²) in [4.78, 5) is 24.7. The summed E-state index contributed by atoms with van der Waals surface area (Å²) < 4.78 is 39.9. The van der Waals surface area contributed by atoms with Gasteiger partial charge in [-0.15, -0.1) is 0 Å². The summed E-state index contributed by atoms with van der Waals surface area (Å²) in [6.45, 7) is 5.88. The lowest BCUT2D eigenvalue weighted by Gasteiger charge is -2.22. The number of nitrogens with zero attached hydrogens (tertiary/aromatic N) is 7. The highest BCUT2D eigenvalue weighted by Crippen LogP contribution is 2.35. The van der Waals surface area contributed by atoms with E-state index in [0.29, 0.717) is 5.56 Å². The Morgan fingerprint density at radius 3 is 2.66 bits per heavy atom. The molecule has 1 atom stereocenters. The Hall–Kier alpha value is -4.24. The summed E-state index contributed by atoms with van der Waals surface area (Å²) in [6.07, 6.45) is 1.98. The normalized spacial score (nSPS) is 15.7. The fourth-order valence-electron chi connectivity index (χ4n) is 4.49. The van der Waals surface area contributed by atoms with Crippen molar-refractivity contribution in [2.45, 2.75) is 25.6 Å². The molecular formula is C26H26F3N9. The van der Waals surface area contributed by atoms with E-state index in [2.05, 4.69) is 47.1 Å². The van der Waals surface area contributed by atoms with Crippen molar-refractivity contribution in [3.63, 3.8) is 0 Å². The van der Waals surface area contributed by atoms with E-state index in [-0.39, 0.29) is 34.3 Å². The van der Waals surface area contributed by atoms with E-state index < -0.39 is 11.7 Å². The van der Waals surface area contributed by atoms with Crippen LogP contribution in [0.2, 0.25) is 0 Å². The third-order valence-electron chi connectivity index (χ3n) is 6.68. The van der Waals surface area contributed by atoms with Crippen LogP contribution in [-0.2, 0) is 6.18 Å². The largest absolute Gasteiger partial charge is 0.417 e. The van der Waals surface area contributed by atoms with Gasteiger partial charge in [-0.3, -0.25) is 0 Å². The minimum atomic E-state index is -4.55. The molecule has 38 heavy (non-hydrogen) atoms. The molecule has 12 heteroatoms. The highest BCUT2D eigenvalue weighted by Gasteiger charge is 2.31. The molecule has 1 saturated heterocycles. The maximum atomic E-state index is 13.3. The van der Waals surface area contributed by atoms with E-state index in [9.17, 15) is 18.4 Å². The Bertz CT molecular complexity index is 1470. The Balaban J connectivity index is 1.39. The highest BCUT2D eigenvalue weighted by molar-refractivity contribution is 5.94. The first-order chi connectivity index (χ1) is 18.2. The summed E-state index contributed by atoms with van der Waals surface area (Å²) in [7, 11) is 2.12. The van der Waals surface area contributed by atoms with Crippen LogP contribution in [0.15, 0.2) is 43.0 Å². The summed E-state index contributed by atoms with van der Waals surface area (Å²) in [5.41, 5.74) is 0.984. The molecule has 0 bridgehead atoms. The number of pyridine rings is 2. The van der Waals surface area contributed by atoms with Crippen LogP contribution in [0.5, 0.6) is 0 Å². The van der Waals surface area contributed by atoms with Crippen molar-refractivity contribution in [2.24, 2.45) is 0 Å². The SMILES string of the molecule is C[C@@H](Nc1ncc(C#N)c(-c2c[nH]c3ncc(C(F)(F)F)cc23)n1)c1ccc(N2CCCN(C)CC2)nc1. The number of halogens is 3. The van der Waals surface area contributed by atoms with Crippen molar-refractivity contribution in [3.05, 3.63) is 59.7 Å². The summed E-state index contributed by atoms with van der Waals surface area (Å²) in [5, 5.41) is 13.0. The van der Waals surface area contributed by atoms with Crippen molar-refractivity contribution >= 4 is 22.8 Å². The molecule has 1 aliphatic heterocycles. The second-order valence-electron chi connectivity index (χ2n) is 9.35. The van der Waals surface area contributed by atoms with Crippen molar-refractivity contribution in [3.8, 4) is 17.3 Å². The maximum Gasteiger partial charge on any atom is 0.417 e. The lowest BCUT2D eigenvalue weighted by atomic mass is 10.1. The lowest BCUT2D eigenvalue weighted by molar-refractivity contribution is -0.137. The van der Waals surface area contributed by atoms with Crippen LogP contribution in [0.3, 0.4) is 0 Å². The zero-order valence-corrected chi connectivity index (χ0v) is 20.9. The predicted molar refractivity (Wildman–Crippen MR) is 137 cm³/mol. The minimum Gasteiger partial charge on any atom is -0.355 e. The number of aromatic nitrogens is 5. The van der Waals surface area contributed by atoms with Gasteiger partial charge in [0.05, 0.1) is 29.1 Å². The smallest absolute Gasteiger partial charge is 0.355 e. The molecule has 4 aromatic heterocycles. The number of fused-ring (bicyclic) bond motifs is 1. The number of hydrogen-bond acceptors (Lipinski definition) is 8. The van der Waals surface area contributed by atoms with Crippen LogP contribution in [-0.4, -0.2) is 63.0 Å². The first-order valence-corrected chi connectivity index (χ1v) is 12.2. The van der Waals surface area contributed by atoms with Gasteiger partial charge in [-0.1, -0.05) is 6.07 Å². The fraction of sp³-hybridized carbons (Fsp3) is 0.346. The molecule has 9 nitrogen and oxygen atoms in total.